The fourth-order valence-corrected chi connectivity index (χ4v) is 3.33. The van der Waals surface area contributed by atoms with Crippen molar-refractivity contribution in [1.29, 1.82) is 0 Å². The Hall–Kier alpha value is -2.73. The van der Waals surface area contributed by atoms with Gasteiger partial charge in [-0.05, 0) is 48.2 Å². The molecule has 1 amide bonds. The number of fused-ring (bicyclic) bond motifs is 1. The van der Waals surface area contributed by atoms with Gasteiger partial charge in [-0.3, -0.25) is 4.79 Å². The second kappa shape index (κ2) is 8.10. The normalized spacial score (nSPS) is 14.3. The summed E-state index contributed by atoms with van der Waals surface area (Å²) in [6, 6.07) is 11.2. The topological polar surface area (TPSA) is 93.6 Å². The van der Waals surface area contributed by atoms with Crippen LogP contribution in [-0.4, -0.2) is 44.1 Å². The first kappa shape index (κ1) is 18.1. The van der Waals surface area contributed by atoms with Crippen LogP contribution in [-0.2, 0) is 12.8 Å². The first-order valence-corrected chi connectivity index (χ1v) is 8.88. The maximum atomic E-state index is 12.4. The number of nitrogens with zero attached hydrogens (tertiary/aromatic N) is 1. The van der Waals surface area contributed by atoms with Crippen LogP contribution >= 0.6 is 0 Å². The molecule has 0 unspecified atom stereocenters. The maximum Gasteiger partial charge on any atom is 0.255 e. The molecule has 6 nitrogen and oxygen atoms in total. The van der Waals surface area contributed by atoms with Crippen molar-refractivity contribution < 1.29 is 9.53 Å². The van der Waals surface area contributed by atoms with Gasteiger partial charge in [0.1, 0.15) is 5.75 Å². The van der Waals surface area contributed by atoms with Crippen molar-refractivity contribution in [3.63, 3.8) is 0 Å². The molecular weight excluding hydrogens is 328 g/mol. The monoisotopic (exact) mass is 354 g/mol. The molecule has 5 N–H and O–H groups in total. The Balaban J connectivity index is 1.52. The van der Waals surface area contributed by atoms with E-state index in [0.717, 1.165) is 38.2 Å². The number of methoxy groups -OCH3 is 1. The van der Waals surface area contributed by atoms with E-state index in [2.05, 4.69) is 22.3 Å². The Morgan fingerprint density at radius 3 is 2.54 bits per heavy atom. The van der Waals surface area contributed by atoms with Crippen molar-refractivity contribution in [2.24, 2.45) is 0 Å². The summed E-state index contributed by atoms with van der Waals surface area (Å²) in [5.74, 6) is 0.345. The number of hydrogen-bond acceptors (Lipinski definition) is 5. The Morgan fingerprint density at radius 2 is 1.77 bits per heavy atom. The van der Waals surface area contributed by atoms with E-state index in [1.54, 1.807) is 18.2 Å². The van der Waals surface area contributed by atoms with Gasteiger partial charge in [0.05, 0.1) is 12.7 Å². The smallest absolute Gasteiger partial charge is 0.255 e. The molecule has 0 spiro atoms. The number of rotatable bonds is 5. The second-order valence-electron chi connectivity index (χ2n) is 6.59. The fourth-order valence-electron chi connectivity index (χ4n) is 3.33. The summed E-state index contributed by atoms with van der Waals surface area (Å²) >= 11 is 0. The second-order valence-corrected chi connectivity index (χ2v) is 6.59. The summed E-state index contributed by atoms with van der Waals surface area (Å²) in [5, 5.41) is 2.97. The molecule has 6 heteroatoms. The standard InChI is InChI=1S/C20H26N4O2/c1-26-19-13-17(22)4-5-18(19)20(25)23-8-11-24-9-6-14-2-3-16(21)12-15(14)7-10-24/h2-5,12-13H,6-11,21-22H2,1H3,(H,23,25). The van der Waals surface area contributed by atoms with E-state index in [1.165, 1.54) is 18.2 Å². The van der Waals surface area contributed by atoms with Gasteiger partial charge >= 0.3 is 0 Å². The van der Waals surface area contributed by atoms with Gasteiger partial charge in [0, 0.05) is 43.6 Å². The highest BCUT2D eigenvalue weighted by Gasteiger charge is 2.15. The average Bonchev–Trinajstić information content (AvgIpc) is 2.83. The molecule has 2 aromatic carbocycles. The predicted octanol–water partition coefficient (Wildman–Crippen LogP) is 1.69. The Kier molecular flexibility index (Phi) is 5.63. The van der Waals surface area contributed by atoms with Gasteiger partial charge < -0.3 is 26.4 Å². The number of benzene rings is 2. The molecule has 0 fully saturated rings. The quantitative estimate of drug-likeness (QED) is 0.711. The van der Waals surface area contributed by atoms with E-state index >= 15 is 0 Å². The van der Waals surface area contributed by atoms with Crippen LogP contribution in [0.15, 0.2) is 36.4 Å². The minimum absolute atomic E-state index is 0.146. The molecule has 1 aliphatic rings. The highest BCUT2D eigenvalue weighted by Crippen LogP contribution is 2.21. The van der Waals surface area contributed by atoms with E-state index in [1.807, 2.05) is 6.07 Å². The van der Waals surface area contributed by atoms with Crippen molar-refractivity contribution >= 4 is 17.3 Å². The van der Waals surface area contributed by atoms with Crippen molar-refractivity contribution in [3.05, 3.63) is 53.1 Å². The third kappa shape index (κ3) is 4.26. The molecule has 138 valence electrons. The van der Waals surface area contributed by atoms with Gasteiger partial charge in [0.2, 0.25) is 0 Å². The first-order chi connectivity index (χ1) is 12.6. The summed E-state index contributed by atoms with van der Waals surface area (Å²) in [5.41, 5.74) is 16.2. The zero-order valence-electron chi connectivity index (χ0n) is 15.1. The number of nitrogens with one attached hydrogen (secondary N) is 1. The molecule has 0 aromatic heterocycles. The molecule has 3 rings (SSSR count). The lowest BCUT2D eigenvalue weighted by atomic mass is 10.0. The fraction of sp³-hybridized carbons (Fsp3) is 0.350. The van der Waals surface area contributed by atoms with Crippen molar-refractivity contribution in [1.82, 2.24) is 10.2 Å². The minimum Gasteiger partial charge on any atom is -0.496 e. The van der Waals surface area contributed by atoms with Crippen molar-refractivity contribution in [2.75, 3.05) is 44.8 Å². The summed E-state index contributed by atoms with van der Waals surface area (Å²) in [6.07, 6.45) is 2.00. The molecule has 0 saturated heterocycles. The molecular formula is C20H26N4O2. The molecule has 0 saturated carbocycles. The van der Waals surface area contributed by atoms with Crippen LogP contribution in [0.2, 0.25) is 0 Å². The van der Waals surface area contributed by atoms with Crippen LogP contribution in [0.25, 0.3) is 0 Å². The average molecular weight is 354 g/mol. The van der Waals surface area contributed by atoms with Gasteiger partial charge in [0.25, 0.3) is 5.91 Å². The number of nitrogen functional groups attached to an aromatic ring is 2. The molecule has 0 bridgehead atoms. The van der Waals surface area contributed by atoms with Crippen LogP contribution in [0.1, 0.15) is 21.5 Å². The van der Waals surface area contributed by atoms with Crippen LogP contribution in [0.5, 0.6) is 5.75 Å². The molecule has 1 heterocycles. The van der Waals surface area contributed by atoms with Gasteiger partial charge in [-0.25, -0.2) is 0 Å². The summed E-state index contributed by atoms with van der Waals surface area (Å²) in [4.78, 5) is 14.8. The molecule has 0 atom stereocenters. The first-order valence-electron chi connectivity index (χ1n) is 8.88. The van der Waals surface area contributed by atoms with Gasteiger partial charge in [0.15, 0.2) is 0 Å². The largest absolute Gasteiger partial charge is 0.496 e. The number of carbonyl (C=O) groups excluding carboxylic acids is 1. The summed E-state index contributed by atoms with van der Waals surface area (Å²) in [6.45, 7) is 3.35. The molecule has 0 radical (unpaired) electrons. The van der Waals surface area contributed by atoms with Crippen molar-refractivity contribution in [2.45, 2.75) is 12.8 Å². The zero-order valence-corrected chi connectivity index (χ0v) is 15.1. The molecule has 0 aliphatic carbocycles. The van der Waals surface area contributed by atoms with E-state index in [-0.39, 0.29) is 5.91 Å². The number of amides is 1. The third-order valence-electron chi connectivity index (χ3n) is 4.81. The van der Waals surface area contributed by atoms with Gasteiger partial charge in [-0.2, -0.15) is 0 Å². The molecule has 26 heavy (non-hydrogen) atoms. The van der Waals surface area contributed by atoms with E-state index < -0.39 is 0 Å². The number of carbonyl (C=O) groups is 1. The Labute approximate surface area is 154 Å². The van der Waals surface area contributed by atoms with Crippen LogP contribution < -0.4 is 21.5 Å². The van der Waals surface area contributed by atoms with Crippen LogP contribution in [0.4, 0.5) is 11.4 Å². The predicted molar refractivity (Wildman–Crippen MR) is 104 cm³/mol. The van der Waals surface area contributed by atoms with Crippen molar-refractivity contribution in [3.8, 4) is 5.75 Å². The molecule has 2 aromatic rings. The number of nitrogens with two attached hydrogens (primary N) is 2. The number of anilines is 2. The zero-order chi connectivity index (χ0) is 18.5. The van der Waals surface area contributed by atoms with Crippen LogP contribution in [0, 0.1) is 0 Å². The lowest BCUT2D eigenvalue weighted by Gasteiger charge is -2.20. The lowest BCUT2D eigenvalue weighted by Crippen LogP contribution is -2.36. The number of hydrogen-bond donors (Lipinski definition) is 3. The third-order valence-corrected chi connectivity index (χ3v) is 4.81. The van der Waals surface area contributed by atoms with E-state index in [0.29, 0.717) is 23.5 Å². The SMILES string of the molecule is COc1cc(N)ccc1C(=O)NCCN1CCc2ccc(N)cc2CC1. The highest BCUT2D eigenvalue weighted by atomic mass is 16.5. The lowest BCUT2D eigenvalue weighted by molar-refractivity contribution is 0.0945. The Morgan fingerprint density at radius 1 is 1.08 bits per heavy atom. The Bertz CT molecular complexity index is 791. The summed E-state index contributed by atoms with van der Waals surface area (Å²) < 4.78 is 5.24. The van der Waals surface area contributed by atoms with Crippen LogP contribution in [0.3, 0.4) is 0 Å². The highest BCUT2D eigenvalue weighted by molar-refractivity contribution is 5.97. The van der Waals surface area contributed by atoms with E-state index in [9.17, 15) is 4.79 Å². The maximum absolute atomic E-state index is 12.4. The number of ether oxygens (including phenoxy) is 1. The van der Waals surface area contributed by atoms with Gasteiger partial charge in [-0.15, -0.1) is 0 Å². The molecule has 1 aliphatic heterocycles. The minimum atomic E-state index is -0.146. The van der Waals surface area contributed by atoms with E-state index in [4.69, 9.17) is 16.2 Å². The van der Waals surface area contributed by atoms with Gasteiger partial charge in [-0.1, -0.05) is 6.07 Å². The summed E-state index contributed by atoms with van der Waals surface area (Å²) in [7, 11) is 1.53.